The smallest absolute Gasteiger partial charge is 0.389 e. The Hall–Kier alpha value is -0.290. The number of halogens is 3. The fraction of sp³-hybridized carbons (Fsp3) is 1.00. The Kier molecular flexibility index (Phi) is 6.12. The summed E-state index contributed by atoms with van der Waals surface area (Å²) in [5.74, 6) is 0.456. The summed E-state index contributed by atoms with van der Waals surface area (Å²) in [6, 6.07) is 0. The second-order valence-electron chi connectivity index (χ2n) is 5.72. The predicted octanol–water partition coefficient (Wildman–Crippen LogP) is 4.07. The van der Waals surface area contributed by atoms with Crippen LogP contribution < -0.4 is 0 Å². The van der Waals surface area contributed by atoms with Crippen molar-refractivity contribution in [1.82, 2.24) is 0 Å². The van der Waals surface area contributed by atoms with Crippen LogP contribution in [0.15, 0.2) is 0 Å². The molecule has 1 N–H and O–H groups in total. The van der Waals surface area contributed by atoms with Gasteiger partial charge in [-0.2, -0.15) is 13.2 Å². The maximum absolute atomic E-state index is 12.1. The van der Waals surface area contributed by atoms with Crippen LogP contribution in [0, 0.1) is 5.92 Å². The molecule has 1 fully saturated rings. The number of hydrogen-bond donors (Lipinski definition) is 1. The third-order valence-corrected chi connectivity index (χ3v) is 3.97. The van der Waals surface area contributed by atoms with E-state index in [4.69, 9.17) is 4.74 Å². The van der Waals surface area contributed by atoms with Gasteiger partial charge in [-0.15, -0.1) is 0 Å². The zero-order valence-electron chi connectivity index (χ0n) is 11.8. The molecule has 0 saturated heterocycles. The molecule has 3 unspecified atom stereocenters. The molecule has 0 spiro atoms. The van der Waals surface area contributed by atoms with E-state index in [0.29, 0.717) is 12.5 Å². The highest BCUT2D eigenvalue weighted by molar-refractivity contribution is 4.93. The van der Waals surface area contributed by atoms with E-state index in [1.165, 1.54) is 0 Å². The van der Waals surface area contributed by atoms with Gasteiger partial charge in [0, 0.05) is 13.0 Å². The molecule has 1 aliphatic carbocycles. The van der Waals surface area contributed by atoms with Crippen LogP contribution in [0.2, 0.25) is 0 Å². The highest BCUT2D eigenvalue weighted by Crippen LogP contribution is 2.39. The summed E-state index contributed by atoms with van der Waals surface area (Å²) in [4.78, 5) is 0. The molecule has 3 atom stereocenters. The van der Waals surface area contributed by atoms with Crippen LogP contribution in [0.5, 0.6) is 0 Å². The van der Waals surface area contributed by atoms with Crippen molar-refractivity contribution >= 4 is 0 Å². The summed E-state index contributed by atoms with van der Waals surface area (Å²) in [7, 11) is 0. The Balaban J connectivity index is 2.55. The number of ether oxygens (including phenoxy) is 1. The molecular formula is C14H25F3O2. The van der Waals surface area contributed by atoms with Crippen molar-refractivity contribution in [3.05, 3.63) is 0 Å². The number of aliphatic hydroxyl groups is 1. The Bertz CT molecular complexity index is 264. The molecule has 0 heterocycles. The van der Waals surface area contributed by atoms with Crippen molar-refractivity contribution in [3.63, 3.8) is 0 Å². The lowest BCUT2D eigenvalue weighted by molar-refractivity contribution is -0.158. The van der Waals surface area contributed by atoms with Gasteiger partial charge in [0.15, 0.2) is 0 Å². The first kappa shape index (κ1) is 16.8. The molecular weight excluding hydrogens is 257 g/mol. The van der Waals surface area contributed by atoms with Gasteiger partial charge in [-0.05, 0) is 38.5 Å². The van der Waals surface area contributed by atoms with Crippen molar-refractivity contribution in [2.24, 2.45) is 5.92 Å². The van der Waals surface area contributed by atoms with Gasteiger partial charge < -0.3 is 9.84 Å². The van der Waals surface area contributed by atoms with Gasteiger partial charge in [-0.3, -0.25) is 0 Å². The minimum atomic E-state index is -4.14. The van der Waals surface area contributed by atoms with E-state index in [2.05, 4.69) is 6.92 Å². The Morgan fingerprint density at radius 3 is 2.63 bits per heavy atom. The molecule has 0 aromatic carbocycles. The van der Waals surface area contributed by atoms with E-state index in [1.807, 2.05) is 6.92 Å². The Morgan fingerprint density at radius 1 is 1.42 bits per heavy atom. The summed E-state index contributed by atoms with van der Waals surface area (Å²) in [5, 5.41) is 10.3. The van der Waals surface area contributed by atoms with Gasteiger partial charge in [0.25, 0.3) is 0 Å². The quantitative estimate of drug-likeness (QED) is 0.796. The van der Waals surface area contributed by atoms with Crippen LogP contribution in [-0.2, 0) is 4.74 Å². The molecule has 1 saturated carbocycles. The van der Waals surface area contributed by atoms with E-state index >= 15 is 0 Å². The van der Waals surface area contributed by atoms with Crippen molar-refractivity contribution in [1.29, 1.82) is 0 Å². The molecule has 19 heavy (non-hydrogen) atoms. The third kappa shape index (κ3) is 5.30. The van der Waals surface area contributed by atoms with Gasteiger partial charge in [0.05, 0.1) is 11.7 Å². The van der Waals surface area contributed by atoms with Crippen LogP contribution in [0.3, 0.4) is 0 Å². The maximum atomic E-state index is 12.1. The van der Waals surface area contributed by atoms with Crippen LogP contribution >= 0.6 is 0 Å². The lowest BCUT2D eigenvalue weighted by Crippen LogP contribution is -2.48. The number of rotatable bonds is 6. The number of hydrogen-bond acceptors (Lipinski definition) is 2. The molecule has 2 nitrogen and oxygen atoms in total. The molecule has 1 rings (SSSR count). The Morgan fingerprint density at radius 2 is 2.11 bits per heavy atom. The predicted molar refractivity (Wildman–Crippen MR) is 67.9 cm³/mol. The summed E-state index contributed by atoms with van der Waals surface area (Å²) < 4.78 is 42.2. The summed E-state index contributed by atoms with van der Waals surface area (Å²) >= 11 is 0. The first-order chi connectivity index (χ1) is 8.79. The normalized spacial score (nSPS) is 30.3. The molecule has 0 aromatic rings. The lowest BCUT2D eigenvalue weighted by Gasteiger charge is -2.43. The van der Waals surface area contributed by atoms with E-state index < -0.39 is 24.3 Å². The summed E-state index contributed by atoms with van der Waals surface area (Å²) in [6.45, 7) is 4.46. The van der Waals surface area contributed by atoms with Gasteiger partial charge >= 0.3 is 6.18 Å². The second-order valence-corrected chi connectivity index (χ2v) is 5.72. The largest absolute Gasteiger partial charge is 0.390 e. The van der Waals surface area contributed by atoms with Crippen LogP contribution in [0.4, 0.5) is 13.2 Å². The molecule has 5 heteroatoms. The van der Waals surface area contributed by atoms with Crippen molar-refractivity contribution in [2.75, 3.05) is 6.61 Å². The van der Waals surface area contributed by atoms with Gasteiger partial charge in [-0.1, -0.05) is 19.8 Å². The monoisotopic (exact) mass is 282 g/mol. The Labute approximate surface area is 113 Å². The van der Waals surface area contributed by atoms with E-state index in [9.17, 15) is 18.3 Å². The zero-order valence-corrected chi connectivity index (χ0v) is 11.8. The topological polar surface area (TPSA) is 29.5 Å². The first-order valence-corrected chi connectivity index (χ1v) is 7.18. The number of alkyl halides is 3. The average molecular weight is 282 g/mol. The molecule has 0 amide bonds. The van der Waals surface area contributed by atoms with Crippen molar-refractivity contribution in [2.45, 2.75) is 76.7 Å². The molecule has 0 aromatic heterocycles. The minimum absolute atomic E-state index is 0.0339. The third-order valence-electron chi connectivity index (χ3n) is 3.97. The van der Waals surface area contributed by atoms with Crippen LogP contribution in [0.1, 0.15) is 58.8 Å². The minimum Gasteiger partial charge on any atom is -0.390 e. The summed E-state index contributed by atoms with van der Waals surface area (Å²) in [5.41, 5.74) is -0.627. The van der Waals surface area contributed by atoms with E-state index in [0.717, 1.165) is 25.7 Å². The van der Waals surface area contributed by atoms with Gasteiger partial charge in [0.1, 0.15) is 0 Å². The SMILES string of the molecule is CCOC1(C(O)CCCC(F)(F)F)CCCC(C)C1. The van der Waals surface area contributed by atoms with Crippen LogP contribution in [0.25, 0.3) is 0 Å². The van der Waals surface area contributed by atoms with Crippen LogP contribution in [-0.4, -0.2) is 29.6 Å². The molecule has 1 aliphatic rings. The van der Waals surface area contributed by atoms with E-state index in [-0.39, 0.29) is 12.8 Å². The zero-order chi connectivity index (χ0) is 14.5. The van der Waals surface area contributed by atoms with Crippen molar-refractivity contribution in [3.8, 4) is 0 Å². The highest BCUT2D eigenvalue weighted by Gasteiger charge is 2.42. The molecule has 0 bridgehead atoms. The maximum Gasteiger partial charge on any atom is 0.389 e. The van der Waals surface area contributed by atoms with Gasteiger partial charge in [-0.25, -0.2) is 0 Å². The van der Waals surface area contributed by atoms with E-state index in [1.54, 1.807) is 0 Å². The highest BCUT2D eigenvalue weighted by atomic mass is 19.4. The van der Waals surface area contributed by atoms with Crippen molar-refractivity contribution < 1.29 is 23.0 Å². The molecule has 0 radical (unpaired) electrons. The number of aliphatic hydroxyl groups excluding tert-OH is 1. The molecule has 0 aliphatic heterocycles. The summed E-state index contributed by atoms with van der Waals surface area (Å²) in [6.07, 6.45) is -2.08. The fourth-order valence-corrected chi connectivity index (χ4v) is 3.12. The average Bonchev–Trinajstić information content (AvgIpc) is 2.27. The standard InChI is InChI=1S/C14H25F3O2/c1-3-19-13(8-4-6-11(2)10-13)12(18)7-5-9-14(15,16)17/h11-12,18H,3-10H2,1-2H3. The molecule has 114 valence electrons. The van der Waals surface area contributed by atoms with Gasteiger partial charge in [0.2, 0.25) is 0 Å². The lowest BCUT2D eigenvalue weighted by atomic mass is 9.74. The second kappa shape index (κ2) is 6.93. The fourth-order valence-electron chi connectivity index (χ4n) is 3.12. The first-order valence-electron chi connectivity index (χ1n) is 7.18.